The smallest absolute Gasteiger partial charge is 0.237 e. The Morgan fingerprint density at radius 3 is 2.43 bits per heavy atom. The van der Waals surface area contributed by atoms with Crippen molar-refractivity contribution in [2.75, 3.05) is 18.4 Å². The molecule has 0 bridgehead atoms. The lowest BCUT2D eigenvalue weighted by molar-refractivity contribution is -0.115. The Morgan fingerprint density at radius 1 is 0.971 bits per heavy atom. The minimum Gasteiger partial charge on any atom is -0.325 e. The summed E-state index contributed by atoms with van der Waals surface area (Å²) in [7, 11) is 0. The molecule has 0 saturated carbocycles. The van der Waals surface area contributed by atoms with Gasteiger partial charge >= 0.3 is 0 Å². The highest BCUT2D eigenvalue weighted by Crippen LogP contribution is 2.29. The minimum absolute atomic E-state index is 0.0161. The zero-order valence-corrected chi connectivity index (χ0v) is 21.9. The molecule has 2 unspecified atom stereocenters. The third-order valence-electron chi connectivity index (χ3n) is 6.80. The molecule has 3 aromatic rings. The summed E-state index contributed by atoms with van der Waals surface area (Å²) in [5, 5.41) is 12.8. The van der Waals surface area contributed by atoms with Crippen LogP contribution in [-0.2, 0) is 17.9 Å². The molecule has 1 fully saturated rings. The number of amides is 1. The van der Waals surface area contributed by atoms with Gasteiger partial charge in [0.2, 0.25) is 5.91 Å². The van der Waals surface area contributed by atoms with Crippen molar-refractivity contribution in [3.63, 3.8) is 0 Å². The number of thioether (sulfide) groups is 1. The van der Waals surface area contributed by atoms with Gasteiger partial charge in [0.05, 0.1) is 18.3 Å². The summed E-state index contributed by atoms with van der Waals surface area (Å²) in [5.41, 5.74) is 3.28. The van der Waals surface area contributed by atoms with Gasteiger partial charge in [-0.05, 0) is 62.4 Å². The third-order valence-corrected chi connectivity index (χ3v) is 7.88. The number of benzene rings is 2. The molecule has 1 aliphatic heterocycles. The largest absolute Gasteiger partial charge is 0.325 e. The van der Waals surface area contributed by atoms with Crippen LogP contribution in [0.1, 0.15) is 69.3 Å². The molecule has 2 atom stereocenters. The number of nitrogens with one attached hydrogen (secondary N) is 1. The van der Waals surface area contributed by atoms with Crippen molar-refractivity contribution in [3.05, 3.63) is 71.5 Å². The van der Waals surface area contributed by atoms with E-state index in [1.807, 2.05) is 31.2 Å². The van der Waals surface area contributed by atoms with E-state index in [2.05, 4.69) is 69.2 Å². The van der Waals surface area contributed by atoms with E-state index in [0.29, 0.717) is 12.5 Å². The molecule has 1 aromatic heterocycles. The van der Waals surface area contributed by atoms with Crippen molar-refractivity contribution in [2.45, 2.75) is 75.9 Å². The number of carbonyl (C=O) groups excluding carboxylic acids is 1. The topological polar surface area (TPSA) is 63.1 Å². The fraction of sp³-hybridized carbons (Fsp3) is 0.464. The first-order valence-electron chi connectivity index (χ1n) is 12.8. The molecular weight excluding hydrogens is 454 g/mol. The fourth-order valence-electron chi connectivity index (χ4n) is 4.47. The van der Waals surface area contributed by atoms with Crippen LogP contribution in [0, 0.1) is 0 Å². The number of rotatable bonds is 10. The lowest BCUT2D eigenvalue weighted by Crippen LogP contribution is -2.30. The number of piperidine rings is 1. The van der Waals surface area contributed by atoms with Crippen LogP contribution in [0.2, 0.25) is 0 Å². The number of carbonyl (C=O) groups is 1. The molecule has 1 aliphatic rings. The van der Waals surface area contributed by atoms with E-state index >= 15 is 0 Å². The second kappa shape index (κ2) is 12.4. The van der Waals surface area contributed by atoms with E-state index in [4.69, 9.17) is 0 Å². The van der Waals surface area contributed by atoms with Crippen LogP contribution < -0.4 is 5.32 Å². The van der Waals surface area contributed by atoms with E-state index in [9.17, 15) is 4.79 Å². The van der Waals surface area contributed by atoms with Crippen LogP contribution in [0.4, 0.5) is 5.69 Å². The second-order valence-electron chi connectivity index (χ2n) is 9.45. The van der Waals surface area contributed by atoms with Gasteiger partial charge in [-0.3, -0.25) is 9.69 Å². The van der Waals surface area contributed by atoms with Crippen LogP contribution >= 0.6 is 11.8 Å². The lowest BCUT2D eigenvalue weighted by Gasteiger charge is -2.26. The quantitative estimate of drug-likeness (QED) is 0.355. The molecule has 35 heavy (non-hydrogen) atoms. The van der Waals surface area contributed by atoms with Crippen molar-refractivity contribution in [2.24, 2.45) is 0 Å². The van der Waals surface area contributed by atoms with Crippen molar-refractivity contribution in [1.29, 1.82) is 0 Å². The molecule has 1 N–H and O–H groups in total. The van der Waals surface area contributed by atoms with Crippen LogP contribution in [-0.4, -0.2) is 43.9 Å². The average molecular weight is 492 g/mol. The summed E-state index contributed by atoms with van der Waals surface area (Å²) in [6, 6.07) is 18.5. The molecule has 2 heterocycles. The second-order valence-corrected chi connectivity index (χ2v) is 10.8. The number of hydrogen-bond acceptors (Lipinski definition) is 5. The molecule has 186 valence electrons. The molecule has 0 radical (unpaired) electrons. The minimum atomic E-state index is -0.304. The Morgan fingerprint density at radius 2 is 1.69 bits per heavy atom. The van der Waals surface area contributed by atoms with Gasteiger partial charge in [-0.2, -0.15) is 0 Å². The normalized spacial score (nSPS) is 16.1. The SMILES string of the molecule is CCC(C)c1ccccc1NC(=O)C(C)Sc1nnc(CN2CCCCC2)n1Cc1ccccc1. The van der Waals surface area contributed by atoms with E-state index in [1.54, 1.807) is 0 Å². The number of nitrogens with zero attached hydrogens (tertiary/aromatic N) is 4. The fourth-order valence-corrected chi connectivity index (χ4v) is 5.34. The molecule has 1 saturated heterocycles. The summed E-state index contributed by atoms with van der Waals surface area (Å²) in [4.78, 5) is 15.6. The lowest BCUT2D eigenvalue weighted by atomic mass is 9.97. The van der Waals surface area contributed by atoms with E-state index in [1.165, 1.54) is 42.2 Å². The molecule has 1 amide bonds. The van der Waals surface area contributed by atoms with Crippen LogP contribution in [0.15, 0.2) is 59.8 Å². The molecule has 7 heteroatoms. The number of likely N-dealkylation sites (tertiary alicyclic amines) is 1. The summed E-state index contributed by atoms with van der Waals surface area (Å²) in [5.74, 6) is 1.34. The molecule has 6 nitrogen and oxygen atoms in total. The van der Waals surface area contributed by atoms with Gasteiger partial charge < -0.3 is 9.88 Å². The number of hydrogen-bond donors (Lipinski definition) is 1. The maximum Gasteiger partial charge on any atom is 0.237 e. The number of para-hydroxylation sites is 1. The van der Waals surface area contributed by atoms with Crippen LogP contribution in [0.5, 0.6) is 0 Å². The van der Waals surface area contributed by atoms with Gasteiger partial charge in [0.15, 0.2) is 5.16 Å². The Bertz CT molecular complexity index is 1090. The Kier molecular flexibility index (Phi) is 8.99. The number of anilines is 1. The van der Waals surface area contributed by atoms with Crippen molar-refractivity contribution in [3.8, 4) is 0 Å². The zero-order valence-electron chi connectivity index (χ0n) is 21.1. The summed E-state index contributed by atoms with van der Waals surface area (Å²) in [6.45, 7) is 10.0. The first kappa shape index (κ1) is 25.5. The van der Waals surface area contributed by atoms with Gasteiger partial charge in [-0.25, -0.2) is 0 Å². The highest BCUT2D eigenvalue weighted by atomic mass is 32.2. The molecule has 0 spiro atoms. The predicted molar refractivity (Wildman–Crippen MR) is 144 cm³/mol. The molecular formula is C28H37N5OS. The van der Waals surface area contributed by atoms with Gasteiger partial charge in [0.25, 0.3) is 0 Å². The Hall–Kier alpha value is -2.64. The highest BCUT2D eigenvalue weighted by Gasteiger charge is 2.23. The predicted octanol–water partition coefficient (Wildman–Crippen LogP) is 5.95. The standard InChI is InChI=1S/C28H37N5OS/c1-4-21(2)24-15-9-10-16-25(24)29-27(34)22(3)35-28-31-30-26(20-32-17-11-6-12-18-32)33(28)19-23-13-7-5-8-14-23/h5,7-10,13-16,21-22H,4,6,11-12,17-20H2,1-3H3,(H,29,34). The van der Waals surface area contributed by atoms with Gasteiger partial charge in [0, 0.05) is 5.69 Å². The van der Waals surface area contributed by atoms with Gasteiger partial charge in [-0.1, -0.05) is 80.6 Å². The highest BCUT2D eigenvalue weighted by molar-refractivity contribution is 8.00. The molecule has 2 aromatic carbocycles. The van der Waals surface area contributed by atoms with E-state index in [-0.39, 0.29) is 11.2 Å². The first-order chi connectivity index (χ1) is 17.0. The summed E-state index contributed by atoms with van der Waals surface area (Å²) in [6.07, 6.45) is 4.81. The summed E-state index contributed by atoms with van der Waals surface area (Å²) < 4.78 is 2.19. The van der Waals surface area contributed by atoms with Gasteiger partial charge in [-0.15, -0.1) is 10.2 Å². The van der Waals surface area contributed by atoms with Crippen LogP contribution in [0.3, 0.4) is 0 Å². The Labute approximate surface area is 213 Å². The van der Waals surface area contributed by atoms with Crippen molar-refractivity contribution in [1.82, 2.24) is 19.7 Å². The van der Waals surface area contributed by atoms with E-state index < -0.39 is 0 Å². The van der Waals surface area contributed by atoms with Gasteiger partial charge in [0.1, 0.15) is 5.82 Å². The maximum absolute atomic E-state index is 13.2. The van der Waals surface area contributed by atoms with E-state index in [0.717, 1.165) is 42.7 Å². The van der Waals surface area contributed by atoms with Crippen molar-refractivity contribution >= 4 is 23.4 Å². The average Bonchev–Trinajstić information content (AvgIpc) is 3.25. The van der Waals surface area contributed by atoms with Crippen molar-refractivity contribution < 1.29 is 4.79 Å². The monoisotopic (exact) mass is 491 g/mol. The summed E-state index contributed by atoms with van der Waals surface area (Å²) >= 11 is 1.48. The first-order valence-corrected chi connectivity index (χ1v) is 13.7. The number of aromatic nitrogens is 3. The van der Waals surface area contributed by atoms with Crippen LogP contribution in [0.25, 0.3) is 0 Å². The molecule has 0 aliphatic carbocycles. The molecule has 4 rings (SSSR count). The third kappa shape index (κ3) is 6.73. The Balaban J connectivity index is 1.51. The maximum atomic E-state index is 13.2. The zero-order chi connectivity index (χ0) is 24.6.